The number of nitrogens with two attached hydrogens (primary N) is 1. The fourth-order valence-corrected chi connectivity index (χ4v) is 3.12. The number of nitrogens with zero attached hydrogens (tertiary/aromatic N) is 5. The van der Waals surface area contributed by atoms with Gasteiger partial charge in [-0.15, -0.1) is 0 Å². The molecule has 2 aromatic heterocycles. The number of rotatable bonds is 8. The molecule has 0 atom stereocenters. The fraction of sp³-hybridized carbons (Fsp3) is 0.474. The van der Waals surface area contributed by atoms with Gasteiger partial charge in [0.15, 0.2) is 5.82 Å². The second kappa shape index (κ2) is 8.30. The van der Waals surface area contributed by atoms with E-state index in [2.05, 4.69) is 9.88 Å². The van der Waals surface area contributed by atoms with Crippen molar-refractivity contribution in [3.05, 3.63) is 29.6 Å². The van der Waals surface area contributed by atoms with E-state index in [1.54, 1.807) is 11.1 Å². The standard InChI is InChI=1S/C19H26N6O2/c1-24(2)9-10-27-13-7-8-21-16(11-13)18-22-15-6-4-5-14(15)19(23-18)25(3)12-17(20)26/h7-8,11H,4-6,9-10,12H2,1-3H3,(H2,20,26). The van der Waals surface area contributed by atoms with E-state index >= 15 is 0 Å². The van der Waals surface area contributed by atoms with Gasteiger partial charge in [-0.2, -0.15) is 0 Å². The molecule has 2 aromatic rings. The number of carbonyl (C=O) groups excluding carboxylic acids is 1. The first-order valence-electron chi connectivity index (χ1n) is 9.07. The third-order valence-electron chi connectivity index (χ3n) is 4.43. The third-order valence-corrected chi connectivity index (χ3v) is 4.43. The van der Waals surface area contributed by atoms with Gasteiger partial charge in [-0.3, -0.25) is 9.78 Å². The topological polar surface area (TPSA) is 97.5 Å². The van der Waals surface area contributed by atoms with E-state index in [4.69, 9.17) is 20.4 Å². The van der Waals surface area contributed by atoms with Crippen LogP contribution in [0.1, 0.15) is 17.7 Å². The van der Waals surface area contributed by atoms with Gasteiger partial charge in [-0.1, -0.05) is 0 Å². The Hall–Kier alpha value is -2.74. The Bertz CT molecular complexity index is 824. The number of primary amides is 1. The summed E-state index contributed by atoms with van der Waals surface area (Å²) >= 11 is 0. The summed E-state index contributed by atoms with van der Waals surface area (Å²) in [5.41, 5.74) is 8.13. The number of ether oxygens (including phenoxy) is 1. The van der Waals surface area contributed by atoms with Crippen molar-refractivity contribution >= 4 is 11.7 Å². The van der Waals surface area contributed by atoms with E-state index < -0.39 is 0 Å². The van der Waals surface area contributed by atoms with Crippen LogP contribution in [0.15, 0.2) is 18.3 Å². The van der Waals surface area contributed by atoms with Crippen molar-refractivity contribution in [2.24, 2.45) is 5.73 Å². The molecule has 1 aliphatic rings. The van der Waals surface area contributed by atoms with Crippen LogP contribution in [-0.2, 0) is 17.6 Å². The van der Waals surface area contributed by atoms with Crippen LogP contribution in [0.25, 0.3) is 11.5 Å². The highest BCUT2D eigenvalue weighted by molar-refractivity contribution is 5.79. The third kappa shape index (κ3) is 4.71. The molecule has 3 rings (SSSR count). The quantitative estimate of drug-likeness (QED) is 0.737. The van der Waals surface area contributed by atoms with Crippen LogP contribution in [0.5, 0.6) is 5.75 Å². The normalized spacial score (nSPS) is 12.9. The molecule has 0 spiro atoms. The highest BCUT2D eigenvalue weighted by Crippen LogP contribution is 2.31. The average molecular weight is 370 g/mol. The van der Waals surface area contributed by atoms with E-state index in [9.17, 15) is 4.79 Å². The number of hydrogen-bond donors (Lipinski definition) is 1. The predicted octanol–water partition coefficient (Wildman–Crippen LogP) is 0.889. The Kier molecular flexibility index (Phi) is 5.85. The Labute approximate surface area is 159 Å². The maximum atomic E-state index is 11.3. The summed E-state index contributed by atoms with van der Waals surface area (Å²) in [7, 11) is 5.83. The number of anilines is 1. The molecule has 0 aromatic carbocycles. The second-order valence-corrected chi connectivity index (χ2v) is 7.00. The summed E-state index contributed by atoms with van der Waals surface area (Å²) in [6.45, 7) is 1.53. The van der Waals surface area contributed by atoms with E-state index in [1.165, 1.54) is 0 Å². The summed E-state index contributed by atoms with van der Waals surface area (Å²) in [5.74, 6) is 1.64. The Morgan fingerprint density at radius 2 is 2.07 bits per heavy atom. The molecule has 0 bridgehead atoms. The van der Waals surface area contributed by atoms with Crippen molar-refractivity contribution in [3.8, 4) is 17.3 Å². The molecule has 2 N–H and O–H groups in total. The summed E-state index contributed by atoms with van der Waals surface area (Å²) < 4.78 is 5.79. The molecule has 144 valence electrons. The number of fused-ring (bicyclic) bond motifs is 1. The zero-order valence-electron chi connectivity index (χ0n) is 16.1. The molecular weight excluding hydrogens is 344 g/mol. The van der Waals surface area contributed by atoms with E-state index in [0.717, 1.165) is 48.6 Å². The molecule has 0 unspecified atom stereocenters. The molecule has 1 amide bonds. The van der Waals surface area contributed by atoms with Crippen molar-refractivity contribution in [2.45, 2.75) is 19.3 Å². The highest BCUT2D eigenvalue weighted by atomic mass is 16.5. The number of pyridine rings is 1. The number of amides is 1. The highest BCUT2D eigenvalue weighted by Gasteiger charge is 2.23. The van der Waals surface area contributed by atoms with Gasteiger partial charge in [0.25, 0.3) is 0 Å². The monoisotopic (exact) mass is 370 g/mol. The summed E-state index contributed by atoms with van der Waals surface area (Å²) in [4.78, 5) is 29.0. The summed E-state index contributed by atoms with van der Waals surface area (Å²) in [5, 5.41) is 0. The van der Waals surface area contributed by atoms with Gasteiger partial charge in [-0.25, -0.2) is 9.97 Å². The molecule has 0 radical (unpaired) electrons. The number of aromatic nitrogens is 3. The van der Waals surface area contributed by atoms with Gasteiger partial charge >= 0.3 is 0 Å². The van der Waals surface area contributed by atoms with Crippen molar-refractivity contribution in [1.82, 2.24) is 19.9 Å². The predicted molar refractivity (Wildman–Crippen MR) is 104 cm³/mol. The number of likely N-dealkylation sites (N-methyl/N-ethyl adjacent to an activating group) is 2. The smallest absolute Gasteiger partial charge is 0.236 e. The molecule has 0 saturated carbocycles. The Morgan fingerprint density at radius 1 is 1.26 bits per heavy atom. The first-order valence-corrected chi connectivity index (χ1v) is 9.07. The van der Waals surface area contributed by atoms with Crippen molar-refractivity contribution < 1.29 is 9.53 Å². The van der Waals surface area contributed by atoms with E-state index in [-0.39, 0.29) is 12.5 Å². The largest absolute Gasteiger partial charge is 0.492 e. The van der Waals surface area contributed by atoms with Crippen LogP contribution in [0.4, 0.5) is 5.82 Å². The Morgan fingerprint density at radius 3 is 2.81 bits per heavy atom. The summed E-state index contributed by atoms with van der Waals surface area (Å²) in [6.07, 6.45) is 4.55. The van der Waals surface area contributed by atoms with Crippen LogP contribution in [0.2, 0.25) is 0 Å². The average Bonchev–Trinajstić information content (AvgIpc) is 3.08. The van der Waals surface area contributed by atoms with E-state index in [0.29, 0.717) is 18.1 Å². The van der Waals surface area contributed by atoms with Crippen molar-refractivity contribution in [3.63, 3.8) is 0 Å². The van der Waals surface area contributed by atoms with Gasteiger partial charge < -0.3 is 20.3 Å². The molecule has 8 nitrogen and oxygen atoms in total. The molecule has 0 aliphatic heterocycles. The number of hydrogen-bond acceptors (Lipinski definition) is 7. The lowest BCUT2D eigenvalue weighted by Gasteiger charge is -2.20. The maximum Gasteiger partial charge on any atom is 0.236 e. The van der Waals surface area contributed by atoms with Gasteiger partial charge in [0.05, 0.1) is 6.54 Å². The lowest BCUT2D eigenvalue weighted by atomic mass is 10.2. The van der Waals surface area contributed by atoms with Crippen LogP contribution in [0, 0.1) is 0 Å². The molecule has 0 fully saturated rings. The minimum Gasteiger partial charge on any atom is -0.492 e. The maximum absolute atomic E-state index is 11.3. The second-order valence-electron chi connectivity index (χ2n) is 7.00. The van der Waals surface area contributed by atoms with Gasteiger partial charge in [0.2, 0.25) is 5.91 Å². The first kappa shape index (κ1) is 19.0. The van der Waals surface area contributed by atoms with Crippen LogP contribution >= 0.6 is 0 Å². The first-order chi connectivity index (χ1) is 12.9. The molecular formula is C19H26N6O2. The van der Waals surface area contributed by atoms with Crippen molar-refractivity contribution in [1.29, 1.82) is 0 Å². The van der Waals surface area contributed by atoms with Gasteiger partial charge in [-0.05, 0) is 39.4 Å². The fourth-order valence-electron chi connectivity index (χ4n) is 3.12. The van der Waals surface area contributed by atoms with E-state index in [1.807, 2.05) is 33.3 Å². The molecule has 1 aliphatic carbocycles. The molecule has 27 heavy (non-hydrogen) atoms. The van der Waals surface area contributed by atoms with Gasteiger partial charge in [0.1, 0.15) is 23.9 Å². The SMILES string of the molecule is CN(C)CCOc1ccnc(-c2nc3c(c(N(C)CC(N)=O)n2)CCC3)c1. The lowest BCUT2D eigenvalue weighted by molar-refractivity contribution is -0.116. The van der Waals surface area contributed by atoms with Crippen LogP contribution in [0.3, 0.4) is 0 Å². The molecule has 0 saturated heterocycles. The lowest BCUT2D eigenvalue weighted by Crippen LogP contribution is -2.32. The number of carbonyl (C=O) groups is 1. The van der Waals surface area contributed by atoms with Crippen LogP contribution in [-0.4, -0.2) is 66.6 Å². The van der Waals surface area contributed by atoms with Gasteiger partial charge in [0, 0.05) is 37.1 Å². The molecule has 2 heterocycles. The minimum atomic E-state index is -0.390. The molecule has 8 heteroatoms. The minimum absolute atomic E-state index is 0.115. The summed E-state index contributed by atoms with van der Waals surface area (Å²) in [6, 6.07) is 3.68. The zero-order chi connectivity index (χ0) is 19.4. The number of aryl methyl sites for hydroxylation is 1. The zero-order valence-corrected chi connectivity index (χ0v) is 16.1. The van der Waals surface area contributed by atoms with Crippen LogP contribution < -0.4 is 15.4 Å². The Balaban J connectivity index is 1.89. The van der Waals surface area contributed by atoms with Crippen molar-refractivity contribution in [2.75, 3.05) is 45.7 Å².